The zero-order chi connectivity index (χ0) is 13.5. The highest BCUT2D eigenvalue weighted by Crippen LogP contribution is 2.14. The molecule has 19 heavy (non-hydrogen) atoms. The van der Waals surface area contributed by atoms with E-state index in [1.54, 1.807) is 24.3 Å². The molecular weight excluding hydrogens is 242 g/mol. The first kappa shape index (κ1) is 12.7. The number of esters is 1. The van der Waals surface area contributed by atoms with Crippen LogP contribution in [0.4, 0.5) is 5.69 Å². The van der Waals surface area contributed by atoms with Gasteiger partial charge in [-0.2, -0.15) is 0 Å². The Kier molecular flexibility index (Phi) is 4.16. The highest BCUT2D eigenvalue weighted by molar-refractivity contribution is 5.89. The van der Waals surface area contributed by atoms with Gasteiger partial charge < -0.3 is 4.74 Å². The fraction of sp³-hybridized carbons (Fsp3) is 0.0714. The van der Waals surface area contributed by atoms with E-state index in [0.29, 0.717) is 11.3 Å². The van der Waals surface area contributed by atoms with E-state index in [0.717, 1.165) is 5.56 Å². The van der Waals surface area contributed by atoms with E-state index in [-0.39, 0.29) is 6.61 Å². The van der Waals surface area contributed by atoms with Crippen molar-refractivity contribution in [2.24, 2.45) is 5.11 Å². The van der Waals surface area contributed by atoms with Crippen LogP contribution in [0.1, 0.15) is 15.9 Å². The zero-order valence-electron chi connectivity index (χ0n) is 10.1. The smallest absolute Gasteiger partial charge is 0.338 e. The molecule has 2 rings (SSSR count). The second-order valence-corrected chi connectivity index (χ2v) is 3.80. The Hall–Kier alpha value is -2.78. The molecule has 0 aromatic heterocycles. The summed E-state index contributed by atoms with van der Waals surface area (Å²) in [5.41, 5.74) is 10.1. The van der Waals surface area contributed by atoms with Gasteiger partial charge in [0.15, 0.2) is 0 Å². The average molecular weight is 253 g/mol. The molecule has 94 valence electrons. The van der Waals surface area contributed by atoms with Crippen molar-refractivity contribution in [3.05, 3.63) is 76.2 Å². The summed E-state index contributed by atoms with van der Waals surface area (Å²) in [4.78, 5) is 14.4. The summed E-state index contributed by atoms with van der Waals surface area (Å²) in [6, 6.07) is 15.7. The number of azide groups is 1. The Bertz CT molecular complexity index is 602. The van der Waals surface area contributed by atoms with Crippen molar-refractivity contribution in [1.82, 2.24) is 0 Å². The number of carbonyl (C=O) groups excluding carboxylic acids is 1. The number of rotatable bonds is 4. The van der Waals surface area contributed by atoms with E-state index in [1.807, 2.05) is 30.3 Å². The Morgan fingerprint density at radius 2 is 1.79 bits per heavy atom. The molecule has 2 aromatic carbocycles. The number of ether oxygens (including phenoxy) is 1. The molecule has 0 spiro atoms. The van der Waals surface area contributed by atoms with E-state index in [4.69, 9.17) is 10.3 Å². The summed E-state index contributed by atoms with van der Waals surface area (Å²) >= 11 is 0. The maximum absolute atomic E-state index is 11.8. The van der Waals surface area contributed by atoms with Crippen LogP contribution in [0.25, 0.3) is 10.4 Å². The summed E-state index contributed by atoms with van der Waals surface area (Å²) in [5, 5.41) is 3.43. The molecule has 0 heterocycles. The third-order valence-corrected chi connectivity index (χ3v) is 2.48. The predicted molar refractivity (Wildman–Crippen MR) is 70.8 cm³/mol. The van der Waals surface area contributed by atoms with E-state index in [2.05, 4.69) is 10.0 Å². The van der Waals surface area contributed by atoms with Crippen LogP contribution in [0.2, 0.25) is 0 Å². The van der Waals surface area contributed by atoms with Crippen molar-refractivity contribution >= 4 is 11.7 Å². The number of hydrogen-bond donors (Lipinski definition) is 0. The summed E-state index contributed by atoms with van der Waals surface area (Å²) in [7, 11) is 0. The monoisotopic (exact) mass is 253 g/mol. The number of benzene rings is 2. The van der Waals surface area contributed by atoms with Gasteiger partial charge in [-0.3, -0.25) is 0 Å². The molecule has 0 bridgehead atoms. The third-order valence-electron chi connectivity index (χ3n) is 2.48. The van der Waals surface area contributed by atoms with Gasteiger partial charge in [0.25, 0.3) is 0 Å². The van der Waals surface area contributed by atoms with E-state index >= 15 is 0 Å². The second kappa shape index (κ2) is 6.23. The van der Waals surface area contributed by atoms with Crippen LogP contribution in [0.5, 0.6) is 0 Å². The molecule has 0 saturated heterocycles. The Morgan fingerprint density at radius 3 is 2.42 bits per heavy atom. The normalized spacial score (nSPS) is 9.47. The van der Waals surface area contributed by atoms with E-state index < -0.39 is 5.97 Å². The van der Waals surface area contributed by atoms with Crippen molar-refractivity contribution in [2.45, 2.75) is 6.61 Å². The number of nitrogens with zero attached hydrogens (tertiary/aromatic N) is 3. The largest absolute Gasteiger partial charge is 0.457 e. The van der Waals surface area contributed by atoms with Crippen molar-refractivity contribution in [1.29, 1.82) is 0 Å². The van der Waals surface area contributed by atoms with Gasteiger partial charge in [0.1, 0.15) is 6.61 Å². The molecule has 0 aliphatic rings. The van der Waals surface area contributed by atoms with Crippen LogP contribution in [-0.4, -0.2) is 5.97 Å². The summed E-state index contributed by atoms with van der Waals surface area (Å²) in [5.74, 6) is -0.406. The van der Waals surface area contributed by atoms with Crippen LogP contribution >= 0.6 is 0 Å². The molecule has 0 fully saturated rings. The van der Waals surface area contributed by atoms with Gasteiger partial charge in [0, 0.05) is 10.6 Å². The molecule has 0 amide bonds. The molecule has 5 heteroatoms. The molecular formula is C14H11N3O2. The lowest BCUT2D eigenvalue weighted by molar-refractivity contribution is 0.0473. The lowest BCUT2D eigenvalue weighted by Gasteiger charge is -2.04. The molecule has 0 saturated carbocycles. The van der Waals surface area contributed by atoms with Gasteiger partial charge in [-0.1, -0.05) is 47.6 Å². The minimum Gasteiger partial charge on any atom is -0.457 e. The summed E-state index contributed by atoms with van der Waals surface area (Å²) in [6.45, 7) is 0.234. The average Bonchev–Trinajstić information content (AvgIpc) is 2.47. The van der Waals surface area contributed by atoms with Crippen molar-refractivity contribution < 1.29 is 9.53 Å². The molecule has 0 radical (unpaired) electrons. The van der Waals surface area contributed by atoms with E-state index in [9.17, 15) is 4.79 Å². The van der Waals surface area contributed by atoms with Crippen molar-refractivity contribution in [3.63, 3.8) is 0 Å². The standard InChI is InChI=1S/C14H11N3O2/c15-17-16-13-8-6-12(7-9-13)14(18)19-10-11-4-2-1-3-5-11/h1-9H,10H2. The van der Waals surface area contributed by atoms with Crippen molar-refractivity contribution in [2.75, 3.05) is 0 Å². The van der Waals surface area contributed by atoms with Crippen LogP contribution < -0.4 is 0 Å². The fourth-order valence-electron chi connectivity index (χ4n) is 1.52. The van der Waals surface area contributed by atoms with Gasteiger partial charge in [-0.05, 0) is 23.2 Å². The maximum atomic E-state index is 11.8. The quantitative estimate of drug-likeness (QED) is 0.357. The van der Waals surface area contributed by atoms with Gasteiger partial charge >= 0.3 is 5.97 Å². The Balaban J connectivity index is 1.98. The number of hydrogen-bond acceptors (Lipinski definition) is 3. The lowest BCUT2D eigenvalue weighted by atomic mass is 10.2. The minimum absolute atomic E-state index is 0.234. The lowest BCUT2D eigenvalue weighted by Crippen LogP contribution is -2.04. The topological polar surface area (TPSA) is 75.1 Å². The molecule has 0 unspecified atom stereocenters. The van der Waals surface area contributed by atoms with Crippen LogP contribution in [0.3, 0.4) is 0 Å². The highest BCUT2D eigenvalue weighted by Gasteiger charge is 2.06. The van der Waals surface area contributed by atoms with E-state index in [1.165, 1.54) is 0 Å². The Morgan fingerprint density at radius 1 is 1.11 bits per heavy atom. The summed E-state index contributed by atoms with van der Waals surface area (Å²) in [6.07, 6.45) is 0. The molecule has 2 aromatic rings. The Labute approximate surface area is 110 Å². The number of carbonyl (C=O) groups is 1. The van der Waals surface area contributed by atoms with Gasteiger partial charge in [0.2, 0.25) is 0 Å². The first-order chi connectivity index (χ1) is 9.29. The van der Waals surface area contributed by atoms with Gasteiger partial charge in [0.05, 0.1) is 5.56 Å². The van der Waals surface area contributed by atoms with Crippen LogP contribution in [0.15, 0.2) is 59.7 Å². The first-order valence-corrected chi connectivity index (χ1v) is 5.66. The van der Waals surface area contributed by atoms with Crippen LogP contribution in [-0.2, 0) is 11.3 Å². The molecule has 5 nitrogen and oxygen atoms in total. The fourth-order valence-corrected chi connectivity index (χ4v) is 1.52. The zero-order valence-corrected chi connectivity index (χ0v) is 10.1. The minimum atomic E-state index is -0.406. The summed E-state index contributed by atoms with van der Waals surface area (Å²) < 4.78 is 5.17. The molecule has 0 aliphatic carbocycles. The molecule has 0 atom stereocenters. The van der Waals surface area contributed by atoms with Crippen molar-refractivity contribution in [3.8, 4) is 0 Å². The van der Waals surface area contributed by atoms with Crippen LogP contribution in [0, 0.1) is 0 Å². The van der Waals surface area contributed by atoms with Gasteiger partial charge in [-0.15, -0.1) is 0 Å². The highest BCUT2D eigenvalue weighted by atomic mass is 16.5. The molecule has 0 aliphatic heterocycles. The predicted octanol–water partition coefficient (Wildman–Crippen LogP) is 3.99. The molecule has 0 N–H and O–H groups in total. The first-order valence-electron chi connectivity index (χ1n) is 5.66. The second-order valence-electron chi connectivity index (χ2n) is 3.80. The SMILES string of the molecule is [N-]=[N+]=Nc1ccc(C(=O)OCc2ccccc2)cc1. The van der Waals surface area contributed by atoms with Gasteiger partial charge in [-0.25, -0.2) is 4.79 Å². The maximum Gasteiger partial charge on any atom is 0.338 e. The third kappa shape index (κ3) is 3.59.